The zero-order valence-corrected chi connectivity index (χ0v) is 9.07. The summed E-state index contributed by atoms with van der Waals surface area (Å²) in [4.78, 5) is 17.0. The number of anilines is 1. The van der Waals surface area contributed by atoms with Gasteiger partial charge in [0.25, 0.3) is 0 Å². The van der Waals surface area contributed by atoms with Crippen LogP contribution in [-0.2, 0) is 4.79 Å². The number of aromatic nitrogens is 1. The van der Waals surface area contributed by atoms with Crippen LogP contribution in [0.3, 0.4) is 0 Å². The van der Waals surface area contributed by atoms with Crippen LogP contribution in [-0.4, -0.2) is 17.9 Å². The molecule has 1 aromatic heterocycles. The third kappa shape index (κ3) is 2.87. The number of hydrogen-bond acceptors (Lipinski definition) is 3. The molecule has 0 spiro atoms. The Morgan fingerprint density at radius 3 is 2.64 bits per heavy atom. The monoisotopic (exact) mass is 196 g/mol. The van der Waals surface area contributed by atoms with Crippen LogP contribution in [0.4, 0.5) is 6.01 Å². The van der Waals surface area contributed by atoms with Gasteiger partial charge in [-0.1, -0.05) is 20.8 Å². The van der Waals surface area contributed by atoms with Crippen molar-refractivity contribution in [3.63, 3.8) is 0 Å². The Bertz CT molecular complexity index is 298. The first-order chi connectivity index (χ1) is 6.40. The van der Waals surface area contributed by atoms with Crippen molar-refractivity contribution in [3.05, 3.63) is 12.5 Å². The number of carbonyl (C=O) groups excluding carboxylic acids is 1. The highest BCUT2D eigenvalue weighted by Crippen LogP contribution is 2.21. The van der Waals surface area contributed by atoms with Crippen LogP contribution < -0.4 is 4.90 Å². The first kappa shape index (κ1) is 10.8. The van der Waals surface area contributed by atoms with E-state index in [0.717, 1.165) is 0 Å². The Morgan fingerprint density at radius 1 is 1.57 bits per heavy atom. The summed E-state index contributed by atoms with van der Waals surface area (Å²) in [5, 5.41) is 0. The molecule has 0 aromatic carbocycles. The fourth-order valence-corrected chi connectivity index (χ4v) is 1.06. The van der Waals surface area contributed by atoms with Crippen molar-refractivity contribution < 1.29 is 9.21 Å². The van der Waals surface area contributed by atoms with Crippen molar-refractivity contribution in [2.45, 2.75) is 27.2 Å². The van der Waals surface area contributed by atoms with E-state index in [1.807, 2.05) is 20.8 Å². The fraction of sp³-hybridized carbons (Fsp3) is 0.600. The van der Waals surface area contributed by atoms with Crippen molar-refractivity contribution in [2.24, 2.45) is 5.41 Å². The summed E-state index contributed by atoms with van der Waals surface area (Å²) < 4.78 is 5.02. The van der Waals surface area contributed by atoms with Gasteiger partial charge in [-0.15, -0.1) is 0 Å². The standard InChI is InChI=1S/C10H16N2O2/c1-10(2,3)7-8(13)12(4)9-11-5-6-14-9/h5-6H,7H2,1-4H3. The highest BCUT2D eigenvalue weighted by molar-refractivity contribution is 5.90. The molecule has 1 rings (SSSR count). The molecule has 0 atom stereocenters. The van der Waals surface area contributed by atoms with Gasteiger partial charge >= 0.3 is 6.01 Å². The maximum atomic E-state index is 11.7. The number of nitrogens with zero attached hydrogens (tertiary/aromatic N) is 2. The molecule has 0 aliphatic heterocycles. The molecule has 4 nitrogen and oxygen atoms in total. The van der Waals surface area contributed by atoms with Crippen LogP contribution >= 0.6 is 0 Å². The second-order valence-electron chi connectivity index (χ2n) is 4.50. The summed E-state index contributed by atoms with van der Waals surface area (Å²) in [5.74, 6) is 0.0138. The van der Waals surface area contributed by atoms with E-state index in [1.165, 1.54) is 17.4 Å². The molecule has 0 unspecified atom stereocenters. The average molecular weight is 196 g/mol. The molecule has 1 amide bonds. The minimum absolute atomic E-state index is 0.0138. The summed E-state index contributed by atoms with van der Waals surface area (Å²) in [6, 6.07) is 0.347. The topological polar surface area (TPSA) is 46.3 Å². The summed E-state index contributed by atoms with van der Waals surface area (Å²) in [5.41, 5.74) is -0.0159. The van der Waals surface area contributed by atoms with Crippen molar-refractivity contribution in [3.8, 4) is 0 Å². The first-order valence-corrected chi connectivity index (χ1v) is 4.56. The summed E-state index contributed by atoms with van der Waals surface area (Å²) in [6.07, 6.45) is 3.46. The van der Waals surface area contributed by atoms with Gasteiger partial charge in [0.2, 0.25) is 5.91 Å². The van der Waals surface area contributed by atoms with Crippen LogP contribution in [0, 0.1) is 5.41 Å². The van der Waals surface area contributed by atoms with Crippen molar-refractivity contribution in [1.82, 2.24) is 4.98 Å². The molecule has 0 radical (unpaired) electrons. The molecule has 0 N–H and O–H groups in total. The minimum Gasteiger partial charge on any atom is -0.432 e. The predicted molar refractivity (Wildman–Crippen MR) is 54.0 cm³/mol. The maximum Gasteiger partial charge on any atom is 0.303 e. The summed E-state index contributed by atoms with van der Waals surface area (Å²) in [6.45, 7) is 6.07. The molecule has 0 bridgehead atoms. The Labute approximate surface area is 83.9 Å². The van der Waals surface area contributed by atoms with Gasteiger partial charge in [-0.2, -0.15) is 0 Å². The lowest BCUT2D eigenvalue weighted by Crippen LogP contribution is -2.30. The van der Waals surface area contributed by atoms with Crippen LogP contribution in [0.5, 0.6) is 0 Å². The van der Waals surface area contributed by atoms with Gasteiger partial charge in [-0.05, 0) is 5.41 Å². The lowest BCUT2D eigenvalue weighted by atomic mass is 9.92. The van der Waals surface area contributed by atoms with E-state index in [2.05, 4.69) is 4.98 Å². The SMILES string of the molecule is CN(C(=O)CC(C)(C)C)c1ncco1. The zero-order chi connectivity index (χ0) is 10.8. The number of hydrogen-bond donors (Lipinski definition) is 0. The molecular weight excluding hydrogens is 180 g/mol. The third-order valence-corrected chi connectivity index (χ3v) is 1.76. The van der Waals surface area contributed by atoms with Crippen molar-refractivity contribution >= 4 is 11.9 Å². The summed E-state index contributed by atoms with van der Waals surface area (Å²) in [7, 11) is 1.67. The maximum absolute atomic E-state index is 11.7. The van der Waals surface area contributed by atoms with E-state index in [4.69, 9.17) is 4.42 Å². The molecule has 0 aliphatic rings. The molecule has 78 valence electrons. The minimum atomic E-state index is -0.0159. The second-order valence-corrected chi connectivity index (χ2v) is 4.50. The molecular formula is C10H16N2O2. The van der Waals surface area contributed by atoms with Crippen molar-refractivity contribution in [2.75, 3.05) is 11.9 Å². The van der Waals surface area contributed by atoms with E-state index in [0.29, 0.717) is 12.4 Å². The van der Waals surface area contributed by atoms with Gasteiger partial charge in [0.05, 0.1) is 6.20 Å². The molecule has 1 aromatic rings. The quantitative estimate of drug-likeness (QED) is 0.727. The van der Waals surface area contributed by atoms with Gasteiger partial charge in [0.15, 0.2) is 0 Å². The molecule has 4 heteroatoms. The fourth-order valence-electron chi connectivity index (χ4n) is 1.06. The third-order valence-electron chi connectivity index (χ3n) is 1.76. The van der Waals surface area contributed by atoms with Gasteiger partial charge < -0.3 is 4.42 Å². The molecule has 0 aliphatic carbocycles. The van der Waals surface area contributed by atoms with E-state index in [1.54, 1.807) is 7.05 Å². The van der Waals surface area contributed by atoms with Crippen molar-refractivity contribution in [1.29, 1.82) is 0 Å². The molecule has 14 heavy (non-hydrogen) atoms. The summed E-state index contributed by atoms with van der Waals surface area (Å²) >= 11 is 0. The van der Waals surface area contributed by atoms with Gasteiger partial charge in [0, 0.05) is 13.5 Å². The van der Waals surface area contributed by atoms with E-state index < -0.39 is 0 Å². The second kappa shape index (κ2) is 3.82. The van der Waals surface area contributed by atoms with Gasteiger partial charge in [-0.3, -0.25) is 9.69 Å². The molecule has 0 saturated heterocycles. The van der Waals surface area contributed by atoms with Gasteiger partial charge in [-0.25, -0.2) is 4.98 Å². The Morgan fingerprint density at radius 2 is 2.21 bits per heavy atom. The van der Waals surface area contributed by atoms with Crippen LogP contribution in [0.15, 0.2) is 16.9 Å². The number of carbonyl (C=O) groups is 1. The number of amides is 1. The zero-order valence-electron chi connectivity index (χ0n) is 9.07. The molecule has 1 heterocycles. The number of oxazole rings is 1. The lowest BCUT2D eigenvalue weighted by molar-refractivity contribution is -0.120. The highest BCUT2D eigenvalue weighted by atomic mass is 16.4. The largest absolute Gasteiger partial charge is 0.432 e. The Hall–Kier alpha value is -1.32. The number of rotatable bonds is 2. The predicted octanol–water partition coefficient (Wildman–Crippen LogP) is 2.07. The first-order valence-electron chi connectivity index (χ1n) is 4.56. The van der Waals surface area contributed by atoms with Crippen LogP contribution in [0.2, 0.25) is 0 Å². The molecule has 0 fully saturated rings. The van der Waals surface area contributed by atoms with Gasteiger partial charge in [0.1, 0.15) is 6.26 Å². The Kier molecular flexibility index (Phi) is 2.93. The average Bonchev–Trinajstić information content (AvgIpc) is 2.51. The highest BCUT2D eigenvalue weighted by Gasteiger charge is 2.21. The normalized spacial score (nSPS) is 11.4. The van der Waals surface area contributed by atoms with E-state index >= 15 is 0 Å². The van der Waals surface area contributed by atoms with Crippen LogP contribution in [0.1, 0.15) is 27.2 Å². The molecule has 0 saturated carbocycles. The Balaban J connectivity index is 2.63. The lowest BCUT2D eigenvalue weighted by Gasteiger charge is -2.20. The van der Waals surface area contributed by atoms with E-state index in [9.17, 15) is 4.79 Å². The smallest absolute Gasteiger partial charge is 0.303 e. The van der Waals surface area contributed by atoms with Crippen LogP contribution in [0.25, 0.3) is 0 Å². The van der Waals surface area contributed by atoms with E-state index in [-0.39, 0.29) is 11.3 Å².